The van der Waals surface area contributed by atoms with Crippen LogP contribution < -0.4 is 15.8 Å². The lowest BCUT2D eigenvalue weighted by Crippen LogP contribution is -2.38. The smallest absolute Gasteiger partial charge is 0.387 e. The minimum Gasteiger partial charge on any atom is -0.435 e. The highest BCUT2D eigenvalue weighted by Crippen LogP contribution is 2.33. The molecule has 0 bridgehead atoms. The summed E-state index contributed by atoms with van der Waals surface area (Å²) in [7, 11) is 0. The summed E-state index contributed by atoms with van der Waals surface area (Å²) in [6, 6.07) is 13.9. The number of amides is 1. The Labute approximate surface area is 169 Å². The summed E-state index contributed by atoms with van der Waals surface area (Å²) in [5.74, 6) is -0.355. The molecule has 7 heteroatoms. The van der Waals surface area contributed by atoms with Gasteiger partial charge in [-0.15, -0.1) is 12.4 Å². The molecule has 0 heterocycles. The molecule has 3 atom stereocenters. The Hall–Kier alpha value is -2.18. The maximum Gasteiger partial charge on any atom is 0.387 e. The number of ether oxygens (including phenoxy) is 1. The summed E-state index contributed by atoms with van der Waals surface area (Å²) in [5, 5.41) is 3.08. The third-order valence-electron chi connectivity index (χ3n) is 5.11. The summed E-state index contributed by atoms with van der Waals surface area (Å²) in [5.41, 5.74) is 9.06. The molecule has 1 aliphatic rings. The van der Waals surface area contributed by atoms with Crippen LogP contribution >= 0.6 is 12.4 Å². The van der Waals surface area contributed by atoms with Gasteiger partial charge in [0.05, 0.1) is 12.0 Å². The molecule has 3 unspecified atom stereocenters. The Morgan fingerprint density at radius 3 is 2.61 bits per heavy atom. The molecular formula is C21H25ClF2N2O2. The molecule has 1 aliphatic carbocycles. The van der Waals surface area contributed by atoms with Crippen molar-refractivity contribution in [2.24, 2.45) is 11.7 Å². The summed E-state index contributed by atoms with van der Waals surface area (Å²) in [6.45, 7) is -1.03. The van der Waals surface area contributed by atoms with E-state index in [2.05, 4.69) is 10.1 Å². The van der Waals surface area contributed by atoms with Gasteiger partial charge in [-0.05, 0) is 48.1 Å². The normalized spacial score (nSPS) is 17.8. The number of hydrogen-bond acceptors (Lipinski definition) is 3. The summed E-state index contributed by atoms with van der Waals surface area (Å²) < 4.78 is 29.3. The van der Waals surface area contributed by atoms with E-state index in [0.29, 0.717) is 0 Å². The van der Waals surface area contributed by atoms with Crippen molar-refractivity contribution in [3.63, 3.8) is 0 Å². The second kappa shape index (κ2) is 9.85. The Morgan fingerprint density at radius 1 is 1.21 bits per heavy atom. The molecule has 3 N–H and O–H groups in total. The highest BCUT2D eigenvalue weighted by Gasteiger charge is 2.27. The second-order valence-electron chi connectivity index (χ2n) is 6.92. The quantitative estimate of drug-likeness (QED) is 0.734. The van der Waals surface area contributed by atoms with Gasteiger partial charge in [0.1, 0.15) is 5.75 Å². The van der Waals surface area contributed by atoms with Gasteiger partial charge in [0.25, 0.3) is 0 Å². The second-order valence-corrected chi connectivity index (χ2v) is 6.92. The standard InChI is InChI=1S/C21H24F2N2O2.ClH/c1-13(19(24)14-6-3-2-4-7-14)20(26)25-18-9-5-8-15-12-16(27-21(22)23)10-11-17(15)18;/h2-4,6-7,10-13,18-19,21H,5,8-9,24H2,1H3,(H,25,26);1H. The number of alkyl halides is 2. The van der Waals surface area contributed by atoms with Gasteiger partial charge in [-0.3, -0.25) is 4.79 Å². The van der Waals surface area contributed by atoms with E-state index in [1.165, 1.54) is 6.07 Å². The lowest BCUT2D eigenvalue weighted by molar-refractivity contribution is -0.126. The number of halogens is 3. The lowest BCUT2D eigenvalue weighted by Gasteiger charge is -2.29. The first kappa shape index (κ1) is 22.1. The van der Waals surface area contributed by atoms with Crippen LogP contribution in [0.25, 0.3) is 0 Å². The maximum absolute atomic E-state index is 12.7. The van der Waals surface area contributed by atoms with Crippen molar-refractivity contribution in [2.45, 2.75) is 44.9 Å². The molecule has 3 rings (SSSR count). The average molecular weight is 411 g/mol. The van der Waals surface area contributed by atoms with E-state index in [1.54, 1.807) is 12.1 Å². The van der Waals surface area contributed by atoms with Gasteiger partial charge < -0.3 is 15.8 Å². The first-order valence-electron chi connectivity index (χ1n) is 9.14. The molecule has 0 saturated heterocycles. The topological polar surface area (TPSA) is 64.3 Å². The fraction of sp³-hybridized carbons (Fsp3) is 0.381. The van der Waals surface area contributed by atoms with Crippen LogP contribution in [0.15, 0.2) is 48.5 Å². The van der Waals surface area contributed by atoms with Crippen LogP contribution in [0, 0.1) is 5.92 Å². The number of carbonyl (C=O) groups is 1. The Morgan fingerprint density at radius 2 is 1.93 bits per heavy atom. The number of carbonyl (C=O) groups excluding carboxylic acids is 1. The van der Waals surface area contributed by atoms with Crippen LogP contribution in [0.4, 0.5) is 8.78 Å². The van der Waals surface area contributed by atoms with Crippen molar-refractivity contribution in [3.8, 4) is 5.75 Å². The fourth-order valence-electron chi connectivity index (χ4n) is 3.55. The first-order chi connectivity index (χ1) is 13.0. The number of fused-ring (bicyclic) bond motifs is 1. The number of nitrogens with two attached hydrogens (primary N) is 1. The number of benzene rings is 2. The van der Waals surface area contributed by atoms with E-state index in [-0.39, 0.29) is 36.0 Å². The van der Waals surface area contributed by atoms with Crippen LogP contribution in [0.3, 0.4) is 0 Å². The van der Waals surface area contributed by atoms with Crippen molar-refractivity contribution in [3.05, 3.63) is 65.2 Å². The van der Waals surface area contributed by atoms with Gasteiger partial charge in [-0.1, -0.05) is 43.3 Å². The molecule has 0 radical (unpaired) electrons. The SMILES string of the molecule is CC(C(=O)NC1CCCc2cc(OC(F)F)ccc21)C(N)c1ccccc1.Cl. The minimum atomic E-state index is -2.84. The lowest BCUT2D eigenvalue weighted by atomic mass is 9.86. The van der Waals surface area contributed by atoms with Crippen LogP contribution in [0.1, 0.15) is 48.5 Å². The highest BCUT2D eigenvalue weighted by molar-refractivity contribution is 5.85. The molecule has 0 aromatic heterocycles. The molecule has 0 aliphatic heterocycles. The molecule has 2 aromatic rings. The van der Waals surface area contributed by atoms with E-state index in [4.69, 9.17) is 5.73 Å². The molecular weight excluding hydrogens is 386 g/mol. The highest BCUT2D eigenvalue weighted by atomic mass is 35.5. The predicted octanol–water partition coefficient (Wildman–Crippen LogP) is 4.54. The summed E-state index contributed by atoms with van der Waals surface area (Å²) >= 11 is 0. The Kier molecular flexibility index (Phi) is 7.78. The minimum absolute atomic E-state index is 0. The molecule has 0 fully saturated rings. The molecule has 0 saturated carbocycles. The van der Waals surface area contributed by atoms with E-state index in [9.17, 15) is 13.6 Å². The van der Waals surface area contributed by atoms with E-state index < -0.39 is 12.7 Å². The van der Waals surface area contributed by atoms with Gasteiger partial charge in [-0.25, -0.2) is 0 Å². The largest absolute Gasteiger partial charge is 0.435 e. The van der Waals surface area contributed by atoms with E-state index in [1.807, 2.05) is 37.3 Å². The van der Waals surface area contributed by atoms with Crippen molar-refractivity contribution >= 4 is 18.3 Å². The van der Waals surface area contributed by atoms with Crippen LogP contribution in [-0.2, 0) is 11.2 Å². The molecule has 2 aromatic carbocycles. The number of rotatable bonds is 6. The van der Waals surface area contributed by atoms with Gasteiger partial charge >= 0.3 is 6.61 Å². The van der Waals surface area contributed by atoms with Crippen LogP contribution in [-0.4, -0.2) is 12.5 Å². The average Bonchev–Trinajstić information content (AvgIpc) is 2.67. The van der Waals surface area contributed by atoms with Gasteiger partial charge in [0, 0.05) is 6.04 Å². The zero-order valence-electron chi connectivity index (χ0n) is 15.6. The zero-order chi connectivity index (χ0) is 19.4. The van der Waals surface area contributed by atoms with Crippen molar-refractivity contribution in [1.29, 1.82) is 0 Å². The molecule has 4 nitrogen and oxygen atoms in total. The number of hydrogen-bond donors (Lipinski definition) is 2. The van der Waals surface area contributed by atoms with Gasteiger partial charge in [0.15, 0.2) is 0 Å². The van der Waals surface area contributed by atoms with Crippen molar-refractivity contribution < 1.29 is 18.3 Å². The van der Waals surface area contributed by atoms with Gasteiger partial charge in [0.2, 0.25) is 5.91 Å². The van der Waals surface area contributed by atoms with Gasteiger partial charge in [-0.2, -0.15) is 8.78 Å². The third-order valence-corrected chi connectivity index (χ3v) is 5.11. The first-order valence-corrected chi connectivity index (χ1v) is 9.14. The van der Waals surface area contributed by atoms with E-state index >= 15 is 0 Å². The Balaban J connectivity index is 0.00000280. The van der Waals surface area contributed by atoms with Crippen molar-refractivity contribution in [2.75, 3.05) is 0 Å². The zero-order valence-corrected chi connectivity index (χ0v) is 16.4. The van der Waals surface area contributed by atoms with Crippen LogP contribution in [0.2, 0.25) is 0 Å². The molecule has 152 valence electrons. The molecule has 0 spiro atoms. The number of nitrogens with one attached hydrogen (secondary N) is 1. The number of aryl methyl sites for hydroxylation is 1. The Bertz CT molecular complexity index is 789. The van der Waals surface area contributed by atoms with Crippen LogP contribution in [0.5, 0.6) is 5.75 Å². The summed E-state index contributed by atoms with van der Waals surface area (Å²) in [4.78, 5) is 12.7. The monoisotopic (exact) mass is 410 g/mol. The van der Waals surface area contributed by atoms with Crippen molar-refractivity contribution in [1.82, 2.24) is 5.32 Å². The fourth-order valence-corrected chi connectivity index (χ4v) is 3.55. The maximum atomic E-state index is 12.7. The molecule has 1 amide bonds. The van der Waals surface area contributed by atoms with E-state index in [0.717, 1.165) is 36.0 Å². The molecule has 28 heavy (non-hydrogen) atoms. The predicted molar refractivity (Wildman–Crippen MR) is 107 cm³/mol. The third kappa shape index (κ3) is 5.20. The summed E-state index contributed by atoms with van der Waals surface area (Å²) in [6.07, 6.45) is 2.46.